The van der Waals surface area contributed by atoms with Gasteiger partial charge >= 0.3 is 0 Å². The number of likely N-dealkylation sites (tertiary alicyclic amines) is 1. The molecule has 1 saturated heterocycles. The molecule has 24 heavy (non-hydrogen) atoms. The zero-order valence-corrected chi connectivity index (χ0v) is 13.6. The number of carbonyl (C=O) groups is 2. The second-order valence-corrected chi connectivity index (χ2v) is 5.95. The Bertz CT molecular complexity index is 614. The number of hydrogen-bond donors (Lipinski definition) is 1. The molecular formula is C17H21F3N2O2. The third-order valence-corrected chi connectivity index (χ3v) is 4.21. The number of nitrogens with zero attached hydrogens (tertiary/aromatic N) is 1. The van der Waals surface area contributed by atoms with Crippen LogP contribution in [0.1, 0.15) is 49.4 Å². The van der Waals surface area contributed by atoms with Gasteiger partial charge in [0.2, 0.25) is 5.91 Å². The maximum atomic E-state index is 13.6. The Morgan fingerprint density at radius 2 is 1.83 bits per heavy atom. The van der Waals surface area contributed by atoms with E-state index in [0.717, 1.165) is 25.0 Å². The summed E-state index contributed by atoms with van der Waals surface area (Å²) in [6.07, 6.45) is 3.43. The molecule has 0 aliphatic carbocycles. The maximum absolute atomic E-state index is 13.6. The lowest BCUT2D eigenvalue weighted by Crippen LogP contribution is -2.46. The van der Waals surface area contributed by atoms with E-state index in [4.69, 9.17) is 0 Å². The topological polar surface area (TPSA) is 49.4 Å². The number of benzene rings is 1. The van der Waals surface area contributed by atoms with Crippen LogP contribution in [0.3, 0.4) is 0 Å². The smallest absolute Gasteiger partial charge is 0.254 e. The standard InChI is InChI=1S/C17H21F3N2O2/c1-2-3-4-14(23)22-9-7-11(8-10-22)21-17(24)12-5-6-13(18)16(20)15(12)19/h5-6,11H,2-4,7-10H2,1H3,(H,21,24). The van der Waals surface area contributed by atoms with E-state index in [9.17, 15) is 22.8 Å². The molecule has 0 bridgehead atoms. The van der Waals surface area contributed by atoms with Gasteiger partial charge in [-0.3, -0.25) is 9.59 Å². The third kappa shape index (κ3) is 4.27. The first kappa shape index (κ1) is 18.3. The molecule has 0 aromatic heterocycles. The fourth-order valence-corrected chi connectivity index (χ4v) is 2.72. The van der Waals surface area contributed by atoms with Gasteiger partial charge in [-0.25, -0.2) is 13.2 Å². The average molecular weight is 342 g/mol. The highest BCUT2D eigenvalue weighted by atomic mass is 19.2. The number of carbonyl (C=O) groups excluding carboxylic acids is 2. The second kappa shape index (κ2) is 8.17. The fraction of sp³-hybridized carbons (Fsp3) is 0.529. The SMILES string of the molecule is CCCCC(=O)N1CCC(NC(=O)c2ccc(F)c(F)c2F)CC1. The van der Waals surface area contributed by atoms with Gasteiger partial charge < -0.3 is 10.2 Å². The maximum Gasteiger partial charge on any atom is 0.254 e. The quantitative estimate of drug-likeness (QED) is 0.836. The summed E-state index contributed by atoms with van der Waals surface area (Å²) in [5.41, 5.74) is -0.518. The molecule has 1 N–H and O–H groups in total. The molecule has 1 heterocycles. The molecule has 132 valence electrons. The van der Waals surface area contributed by atoms with Crippen molar-refractivity contribution in [2.75, 3.05) is 13.1 Å². The molecular weight excluding hydrogens is 321 g/mol. The summed E-state index contributed by atoms with van der Waals surface area (Å²) in [6.45, 7) is 3.06. The zero-order valence-electron chi connectivity index (χ0n) is 13.6. The molecule has 0 unspecified atom stereocenters. The minimum Gasteiger partial charge on any atom is -0.349 e. The average Bonchev–Trinajstić information content (AvgIpc) is 2.58. The van der Waals surface area contributed by atoms with Crippen LogP contribution in [0, 0.1) is 17.5 Å². The normalized spacial score (nSPS) is 15.4. The van der Waals surface area contributed by atoms with Crippen LogP contribution in [0.25, 0.3) is 0 Å². The van der Waals surface area contributed by atoms with Crippen LogP contribution in [0.15, 0.2) is 12.1 Å². The Labute approximate surface area is 139 Å². The number of amides is 2. The van der Waals surface area contributed by atoms with Gasteiger partial charge in [-0.05, 0) is 31.4 Å². The minimum absolute atomic E-state index is 0.105. The summed E-state index contributed by atoms with van der Waals surface area (Å²) in [6, 6.07) is 1.43. The molecule has 2 amide bonds. The molecule has 1 aromatic carbocycles. The van der Waals surface area contributed by atoms with Crippen LogP contribution in [0.2, 0.25) is 0 Å². The van der Waals surface area contributed by atoms with Crippen molar-refractivity contribution in [3.63, 3.8) is 0 Å². The number of hydrogen-bond acceptors (Lipinski definition) is 2. The van der Waals surface area contributed by atoms with Gasteiger partial charge in [0, 0.05) is 25.6 Å². The Morgan fingerprint density at radius 3 is 2.46 bits per heavy atom. The summed E-state index contributed by atoms with van der Waals surface area (Å²) < 4.78 is 39.7. The highest BCUT2D eigenvalue weighted by Crippen LogP contribution is 2.17. The lowest BCUT2D eigenvalue weighted by molar-refractivity contribution is -0.132. The van der Waals surface area contributed by atoms with Crippen molar-refractivity contribution in [2.45, 2.75) is 45.1 Å². The van der Waals surface area contributed by atoms with Gasteiger partial charge in [0.05, 0.1) is 5.56 Å². The Hall–Kier alpha value is -2.05. The van der Waals surface area contributed by atoms with Gasteiger partial charge in [-0.2, -0.15) is 0 Å². The van der Waals surface area contributed by atoms with E-state index in [0.29, 0.717) is 32.4 Å². The minimum atomic E-state index is -1.65. The van der Waals surface area contributed by atoms with Crippen LogP contribution in [0.5, 0.6) is 0 Å². The summed E-state index contributed by atoms with van der Waals surface area (Å²) in [5.74, 6) is -5.14. The molecule has 1 fully saturated rings. The van der Waals surface area contributed by atoms with Crippen LogP contribution in [-0.4, -0.2) is 35.8 Å². The lowest BCUT2D eigenvalue weighted by atomic mass is 10.0. The van der Waals surface area contributed by atoms with Crippen molar-refractivity contribution < 1.29 is 22.8 Å². The summed E-state index contributed by atoms with van der Waals surface area (Å²) in [5, 5.41) is 2.62. The Morgan fingerprint density at radius 1 is 1.17 bits per heavy atom. The second-order valence-electron chi connectivity index (χ2n) is 5.95. The summed E-state index contributed by atoms with van der Waals surface area (Å²) in [4.78, 5) is 25.7. The van der Waals surface area contributed by atoms with Gasteiger partial charge in [-0.15, -0.1) is 0 Å². The first-order valence-corrected chi connectivity index (χ1v) is 8.16. The number of nitrogens with one attached hydrogen (secondary N) is 1. The number of piperidine rings is 1. The van der Waals surface area contributed by atoms with Crippen molar-refractivity contribution in [3.05, 3.63) is 35.1 Å². The van der Waals surface area contributed by atoms with E-state index >= 15 is 0 Å². The van der Waals surface area contributed by atoms with E-state index in [1.165, 1.54) is 0 Å². The van der Waals surface area contributed by atoms with Gasteiger partial charge in [-0.1, -0.05) is 13.3 Å². The first-order valence-electron chi connectivity index (χ1n) is 8.16. The highest BCUT2D eigenvalue weighted by Gasteiger charge is 2.25. The summed E-state index contributed by atoms with van der Waals surface area (Å²) >= 11 is 0. The molecule has 1 aromatic rings. The van der Waals surface area contributed by atoms with Crippen molar-refractivity contribution in [1.29, 1.82) is 0 Å². The van der Waals surface area contributed by atoms with Crippen LogP contribution in [0.4, 0.5) is 13.2 Å². The number of unbranched alkanes of at least 4 members (excludes halogenated alkanes) is 1. The first-order chi connectivity index (χ1) is 11.4. The van der Waals surface area contributed by atoms with E-state index in [2.05, 4.69) is 5.32 Å². The van der Waals surface area contributed by atoms with E-state index in [1.54, 1.807) is 4.90 Å². The van der Waals surface area contributed by atoms with Gasteiger partial charge in [0.1, 0.15) is 0 Å². The predicted octanol–water partition coefficient (Wildman–Crippen LogP) is 3.01. The molecule has 2 rings (SSSR count). The molecule has 0 radical (unpaired) electrons. The third-order valence-electron chi connectivity index (χ3n) is 4.21. The monoisotopic (exact) mass is 342 g/mol. The number of rotatable bonds is 5. The van der Waals surface area contributed by atoms with E-state index in [-0.39, 0.29) is 11.9 Å². The molecule has 0 saturated carbocycles. The predicted molar refractivity (Wildman–Crippen MR) is 82.9 cm³/mol. The van der Waals surface area contributed by atoms with Gasteiger partial charge in [0.25, 0.3) is 5.91 Å². The largest absolute Gasteiger partial charge is 0.349 e. The van der Waals surface area contributed by atoms with Crippen molar-refractivity contribution in [2.24, 2.45) is 0 Å². The summed E-state index contributed by atoms with van der Waals surface area (Å²) in [7, 11) is 0. The molecule has 0 atom stereocenters. The van der Waals surface area contributed by atoms with Gasteiger partial charge in [0.15, 0.2) is 17.5 Å². The highest BCUT2D eigenvalue weighted by molar-refractivity contribution is 5.94. The molecule has 1 aliphatic rings. The van der Waals surface area contributed by atoms with E-state index in [1.807, 2.05) is 6.92 Å². The molecule has 0 spiro atoms. The molecule has 1 aliphatic heterocycles. The van der Waals surface area contributed by atoms with Crippen LogP contribution in [-0.2, 0) is 4.79 Å². The zero-order chi connectivity index (χ0) is 17.7. The van der Waals surface area contributed by atoms with Crippen molar-refractivity contribution in [1.82, 2.24) is 10.2 Å². The molecule has 7 heteroatoms. The Kier molecular flexibility index (Phi) is 6.23. The van der Waals surface area contributed by atoms with Crippen LogP contribution >= 0.6 is 0 Å². The fourth-order valence-electron chi connectivity index (χ4n) is 2.72. The molecule has 4 nitrogen and oxygen atoms in total. The van der Waals surface area contributed by atoms with Crippen molar-refractivity contribution >= 4 is 11.8 Å². The number of halogens is 3. The van der Waals surface area contributed by atoms with Crippen LogP contribution < -0.4 is 5.32 Å². The van der Waals surface area contributed by atoms with E-state index < -0.39 is 28.9 Å². The van der Waals surface area contributed by atoms with Crippen molar-refractivity contribution in [3.8, 4) is 0 Å². The Balaban J connectivity index is 1.89. The lowest BCUT2D eigenvalue weighted by Gasteiger charge is -2.32.